The number of aliphatic hydroxyl groups is 2. The first kappa shape index (κ1) is 10.7. The summed E-state index contributed by atoms with van der Waals surface area (Å²) in [5.74, 6) is -0.281. The zero-order chi connectivity index (χ0) is 10.0. The van der Waals surface area contributed by atoms with E-state index in [1.165, 1.54) is 0 Å². The number of nitrogens with two attached hydrogens (primary N) is 1. The monoisotopic (exact) mass is 187 g/mol. The van der Waals surface area contributed by atoms with Gasteiger partial charge >= 0.3 is 0 Å². The standard InChI is InChI=1S/C9H17NO3/c1-3-6-7(4-11)13-5(2)8(10)9(6)12/h3,5-9,11-12H,1,4,10H2,2H3. The van der Waals surface area contributed by atoms with Crippen molar-refractivity contribution in [3.05, 3.63) is 12.7 Å². The van der Waals surface area contributed by atoms with Crippen molar-refractivity contribution >= 4 is 0 Å². The molecule has 0 aliphatic carbocycles. The molecule has 0 bridgehead atoms. The predicted octanol–water partition coefficient (Wildman–Crippen LogP) is -0.744. The lowest BCUT2D eigenvalue weighted by Gasteiger charge is -2.40. The second kappa shape index (κ2) is 4.19. The van der Waals surface area contributed by atoms with Gasteiger partial charge in [0, 0.05) is 5.92 Å². The second-order valence-corrected chi connectivity index (χ2v) is 3.44. The van der Waals surface area contributed by atoms with E-state index >= 15 is 0 Å². The van der Waals surface area contributed by atoms with Crippen LogP contribution in [0, 0.1) is 5.92 Å². The molecule has 4 N–H and O–H groups in total. The Hall–Kier alpha value is -0.420. The molecule has 0 amide bonds. The van der Waals surface area contributed by atoms with Crippen LogP contribution in [0.4, 0.5) is 0 Å². The summed E-state index contributed by atoms with van der Waals surface area (Å²) in [5, 5.41) is 18.7. The molecule has 5 atom stereocenters. The van der Waals surface area contributed by atoms with E-state index in [0.29, 0.717) is 0 Å². The van der Waals surface area contributed by atoms with Crippen LogP contribution in [-0.2, 0) is 4.74 Å². The Kier molecular flexibility index (Phi) is 3.44. The molecule has 1 rings (SSSR count). The molecule has 0 spiro atoms. The third-order valence-electron chi connectivity index (χ3n) is 2.60. The SMILES string of the molecule is C=CC1C(CO)OC(C)C(N)C1O. The van der Waals surface area contributed by atoms with Crippen molar-refractivity contribution in [2.24, 2.45) is 11.7 Å². The van der Waals surface area contributed by atoms with Crippen molar-refractivity contribution in [3.8, 4) is 0 Å². The Labute approximate surface area is 78.0 Å². The van der Waals surface area contributed by atoms with Gasteiger partial charge in [-0.2, -0.15) is 0 Å². The minimum Gasteiger partial charge on any atom is -0.394 e. The fourth-order valence-corrected chi connectivity index (χ4v) is 1.67. The minimum atomic E-state index is -0.682. The molecule has 0 aromatic heterocycles. The van der Waals surface area contributed by atoms with Crippen LogP contribution in [0.5, 0.6) is 0 Å². The third kappa shape index (κ3) is 1.91. The summed E-state index contributed by atoms with van der Waals surface area (Å²) in [5.41, 5.74) is 5.70. The summed E-state index contributed by atoms with van der Waals surface area (Å²) in [6.45, 7) is 5.25. The molecule has 0 radical (unpaired) electrons. The third-order valence-corrected chi connectivity index (χ3v) is 2.60. The summed E-state index contributed by atoms with van der Waals surface area (Å²) in [4.78, 5) is 0. The number of ether oxygens (including phenoxy) is 1. The lowest BCUT2D eigenvalue weighted by Crippen LogP contribution is -2.57. The van der Waals surface area contributed by atoms with Gasteiger partial charge < -0.3 is 20.7 Å². The first-order chi connectivity index (χ1) is 6.11. The maximum atomic E-state index is 9.72. The topological polar surface area (TPSA) is 75.7 Å². The normalized spacial score (nSPS) is 46.0. The van der Waals surface area contributed by atoms with Gasteiger partial charge in [-0.05, 0) is 6.92 Å². The highest BCUT2D eigenvalue weighted by molar-refractivity contribution is 4.99. The van der Waals surface area contributed by atoms with Gasteiger partial charge in [0.2, 0.25) is 0 Å². The largest absolute Gasteiger partial charge is 0.394 e. The first-order valence-electron chi connectivity index (χ1n) is 4.44. The van der Waals surface area contributed by atoms with Gasteiger partial charge in [-0.3, -0.25) is 0 Å². The van der Waals surface area contributed by atoms with E-state index in [1.807, 2.05) is 0 Å². The summed E-state index contributed by atoms with van der Waals surface area (Å²) >= 11 is 0. The molecule has 1 aliphatic rings. The van der Waals surface area contributed by atoms with E-state index < -0.39 is 12.1 Å². The molecule has 1 heterocycles. The van der Waals surface area contributed by atoms with E-state index in [0.717, 1.165) is 0 Å². The number of hydrogen-bond acceptors (Lipinski definition) is 4. The maximum absolute atomic E-state index is 9.72. The number of aliphatic hydroxyl groups excluding tert-OH is 2. The molecule has 0 saturated carbocycles. The summed E-state index contributed by atoms with van der Waals surface area (Å²) < 4.78 is 5.42. The Balaban J connectivity index is 2.74. The Morgan fingerprint density at radius 3 is 2.69 bits per heavy atom. The Bertz CT molecular complexity index is 184. The molecule has 5 unspecified atom stereocenters. The molecular formula is C9H17NO3. The molecule has 0 aromatic carbocycles. The van der Waals surface area contributed by atoms with Gasteiger partial charge in [-0.15, -0.1) is 6.58 Å². The molecule has 0 aromatic rings. The van der Waals surface area contributed by atoms with Gasteiger partial charge in [0.05, 0.1) is 31.0 Å². The van der Waals surface area contributed by atoms with Crippen molar-refractivity contribution in [3.63, 3.8) is 0 Å². The zero-order valence-electron chi connectivity index (χ0n) is 7.76. The first-order valence-corrected chi connectivity index (χ1v) is 4.44. The van der Waals surface area contributed by atoms with E-state index in [-0.39, 0.29) is 24.7 Å². The highest BCUT2D eigenvalue weighted by Crippen LogP contribution is 2.25. The van der Waals surface area contributed by atoms with Crippen LogP contribution in [0.2, 0.25) is 0 Å². The maximum Gasteiger partial charge on any atom is 0.0897 e. The fraction of sp³-hybridized carbons (Fsp3) is 0.778. The van der Waals surface area contributed by atoms with E-state index in [4.69, 9.17) is 15.6 Å². The fourth-order valence-electron chi connectivity index (χ4n) is 1.67. The van der Waals surface area contributed by atoms with Crippen molar-refractivity contribution in [1.82, 2.24) is 0 Å². The summed E-state index contributed by atoms with van der Waals surface area (Å²) in [7, 11) is 0. The zero-order valence-corrected chi connectivity index (χ0v) is 7.76. The highest BCUT2D eigenvalue weighted by Gasteiger charge is 2.39. The van der Waals surface area contributed by atoms with Crippen LogP contribution in [0.15, 0.2) is 12.7 Å². The van der Waals surface area contributed by atoms with Gasteiger partial charge in [-0.25, -0.2) is 0 Å². The Morgan fingerprint density at radius 2 is 2.23 bits per heavy atom. The molecule has 4 nitrogen and oxygen atoms in total. The quantitative estimate of drug-likeness (QED) is 0.497. The molecule has 76 valence electrons. The number of rotatable bonds is 2. The molecule has 1 saturated heterocycles. The van der Waals surface area contributed by atoms with Gasteiger partial charge in [0.25, 0.3) is 0 Å². The van der Waals surface area contributed by atoms with E-state index in [2.05, 4.69) is 6.58 Å². The average Bonchev–Trinajstić information content (AvgIpc) is 2.13. The van der Waals surface area contributed by atoms with Crippen LogP contribution in [0.3, 0.4) is 0 Å². The van der Waals surface area contributed by atoms with Crippen molar-refractivity contribution in [2.45, 2.75) is 31.3 Å². The van der Waals surface area contributed by atoms with Crippen molar-refractivity contribution < 1.29 is 14.9 Å². The lowest BCUT2D eigenvalue weighted by atomic mass is 9.86. The molecule has 13 heavy (non-hydrogen) atoms. The minimum absolute atomic E-state index is 0.120. The van der Waals surface area contributed by atoms with Crippen LogP contribution >= 0.6 is 0 Å². The van der Waals surface area contributed by atoms with Crippen LogP contribution < -0.4 is 5.73 Å². The van der Waals surface area contributed by atoms with Gasteiger partial charge in [0.15, 0.2) is 0 Å². The molecule has 1 aliphatic heterocycles. The van der Waals surface area contributed by atoms with Crippen LogP contribution in [0.25, 0.3) is 0 Å². The predicted molar refractivity (Wildman–Crippen MR) is 49.1 cm³/mol. The average molecular weight is 187 g/mol. The van der Waals surface area contributed by atoms with Crippen molar-refractivity contribution in [2.75, 3.05) is 6.61 Å². The summed E-state index contributed by atoms with van der Waals surface area (Å²) in [6.07, 6.45) is 0.279. The van der Waals surface area contributed by atoms with E-state index in [9.17, 15) is 5.11 Å². The Morgan fingerprint density at radius 1 is 1.62 bits per heavy atom. The lowest BCUT2D eigenvalue weighted by molar-refractivity contribution is -0.141. The van der Waals surface area contributed by atoms with Crippen molar-refractivity contribution in [1.29, 1.82) is 0 Å². The van der Waals surface area contributed by atoms with Gasteiger partial charge in [-0.1, -0.05) is 6.08 Å². The number of hydrogen-bond donors (Lipinski definition) is 3. The molecular weight excluding hydrogens is 170 g/mol. The molecule has 1 fully saturated rings. The summed E-state index contributed by atoms with van der Waals surface area (Å²) in [6, 6.07) is -0.411. The van der Waals surface area contributed by atoms with Crippen LogP contribution in [0.1, 0.15) is 6.92 Å². The van der Waals surface area contributed by atoms with Crippen LogP contribution in [-0.4, -0.2) is 41.2 Å². The smallest absolute Gasteiger partial charge is 0.0897 e. The van der Waals surface area contributed by atoms with E-state index in [1.54, 1.807) is 13.0 Å². The van der Waals surface area contributed by atoms with Gasteiger partial charge in [0.1, 0.15) is 0 Å². The molecule has 4 heteroatoms. The second-order valence-electron chi connectivity index (χ2n) is 3.44. The highest BCUT2D eigenvalue weighted by atomic mass is 16.5.